The van der Waals surface area contributed by atoms with Gasteiger partial charge in [0.15, 0.2) is 11.5 Å². The molecule has 1 saturated heterocycles. The van der Waals surface area contributed by atoms with E-state index in [-0.39, 0.29) is 34.8 Å². The topological polar surface area (TPSA) is 243 Å². The van der Waals surface area contributed by atoms with Gasteiger partial charge >= 0.3 is 24.2 Å². The Balaban J connectivity index is 1.41. The molecule has 1 aromatic heterocycles. The number of halogens is 6. The van der Waals surface area contributed by atoms with Crippen LogP contribution in [0.4, 0.5) is 9.59 Å². The molecule has 2 aliphatic rings. The highest BCUT2D eigenvalue weighted by Gasteiger charge is 2.54. The van der Waals surface area contributed by atoms with Gasteiger partial charge in [-0.05, 0) is 11.6 Å². The number of amides is 3. The van der Waals surface area contributed by atoms with Gasteiger partial charge in [-0.1, -0.05) is 99.9 Å². The number of ether oxygens (including phenoxy) is 5. The molecular weight excluding hydrogens is 935 g/mol. The normalized spacial score (nSPS) is 16.9. The molecule has 2 aromatic carbocycles. The number of aliphatic carboxylic acids is 1. The van der Waals surface area contributed by atoms with Crippen molar-refractivity contribution in [1.82, 2.24) is 15.5 Å². The number of rotatable bonds is 12. The highest BCUT2D eigenvalue weighted by molar-refractivity contribution is 8.00. The number of fused-ring (bicyclic) bond motifs is 2. The smallest absolute Gasteiger partial charge is 0.477 e. The van der Waals surface area contributed by atoms with E-state index in [2.05, 4.69) is 10.6 Å². The van der Waals surface area contributed by atoms with Gasteiger partial charge in [0.2, 0.25) is 18.9 Å². The van der Waals surface area contributed by atoms with Gasteiger partial charge in [-0.15, -0.1) is 11.8 Å². The Labute approximate surface area is 365 Å². The predicted octanol–water partition coefficient (Wildman–Crippen LogP) is 5.34. The van der Waals surface area contributed by atoms with Gasteiger partial charge in [0.1, 0.15) is 60.4 Å². The molecule has 1 fully saturated rings. The van der Waals surface area contributed by atoms with Crippen LogP contribution >= 0.6 is 81.4 Å². The molecule has 3 atom stereocenters. The number of β-lactam (4-membered cyclic amide) rings is 1. The van der Waals surface area contributed by atoms with Crippen molar-refractivity contribution < 1.29 is 66.8 Å². The Kier molecular flexibility index (Phi) is 14.4. The minimum atomic E-state index is -2.05. The van der Waals surface area contributed by atoms with Crippen LogP contribution < -0.4 is 25.5 Å². The fourth-order valence-electron chi connectivity index (χ4n) is 5.35. The van der Waals surface area contributed by atoms with Gasteiger partial charge in [-0.2, -0.15) is 0 Å². The van der Waals surface area contributed by atoms with Crippen molar-refractivity contribution in [3.05, 3.63) is 81.3 Å². The van der Waals surface area contributed by atoms with E-state index in [4.69, 9.17) is 97.7 Å². The number of nitrogens with one attached hydrogen (secondary N) is 2. The molecule has 0 bridgehead atoms. The number of nitrogens with zero attached hydrogens (tertiary/aromatic N) is 1. The maximum absolute atomic E-state index is 13.8. The molecule has 3 aromatic rings. The van der Waals surface area contributed by atoms with Gasteiger partial charge < -0.3 is 43.8 Å². The molecule has 5 rings (SSSR count). The minimum absolute atomic E-state index is 0.0592. The Morgan fingerprint density at radius 3 is 2.07 bits per heavy atom. The second-order valence-electron chi connectivity index (χ2n) is 12.0. The van der Waals surface area contributed by atoms with Crippen LogP contribution in [0, 0.1) is 0 Å². The lowest BCUT2D eigenvalue weighted by molar-refractivity contribution is -0.151. The average molecular weight is 960 g/mol. The minimum Gasteiger partial charge on any atom is -0.477 e. The van der Waals surface area contributed by atoms with E-state index >= 15 is 0 Å². The zero-order valence-corrected chi connectivity index (χ0v) is 34.8. The van der Waals surface area contributed by atoms with Crippen molar-refractivity contribution in [3.8, 4) is 11.5 Å². The van der Waals surface area contributed by atoms with Crippen LogP contribution in [0.15, 0.2) is 69.2 Å². The van der Waals surface area contributed by atoms with E-state index in [9.17, 15) is 43.5 Å². The second-order valence-corrected chi connectivity index (χ2v) is 18.2. The van der Waals surface area contributed by atoms with Crippen LogP contribution in [-0.2, 0) is 33.4 Å². The monoisotopic (exact) mass is 957 g/mol. The zero-order chi connectivity index (χ0) is 43.4. The summed E-state index contributed by atoms with van der Waals surface area (Å²) in [5.41, 5.74) is -2.02. The quantitative estimate of drug-likeness (QED) is 0.0682. The first-order valence-corrected chi connectivity index (χ1v) is 19.6. The molecule has 0 saturated carbocycles. The largest absolute Gasteiger partial charge is 0.514 e. The third-order valence-electron chi connectivity index (χ3n) is 7.85. The molecule has 18 nitrogen and oxygen atoms in total. The van der Waals surface area contributed by atoms with Gasteiger partial charge in [-0.3, -0.25) is 28.9 Å². The molecule has 0 radical (unpaired) electrons. The fraction of sp³-hybridized carbons (Fsp3) is 0.294. The van der Waals surface area contributed by atoms with Crippen LogP contribution in [0.2, 0.25) is 0 Å². The summed E-state index contributed by atoms with van der Waals surface area (Å²) < 4.78 is 26.0. The Bertz CT molecular complexity index is 2300. The molecular formula is C34H25Cl6N3O15S. The third-order valence-corrected chi connectivity index (χ3v) is 9.84. The van der Waals surface area contributed by atoms with Gasteiger partial charge in [0.05, 0.1) is 5.39 Å². The van der Waals surface area contributed by atoms with Crippen molar-refractivity contribution in [2.24, 2.45) is 0 Å². The number of carbonyl (C=O) groups is 7. The zero-order valence-electron chi connectivity index (χ0n) is 29.5. The molecule has 25 heteroatoms. The number of carboxylic acid groups (broad SMARTS) is 1. The summed E-state index contributed by atoms with van der Waals surface area (Å²) in [7, 11) is 0. The number of esters is 1. The molecule has 3 heterocycles. The predicted molar refractivity (Wildman–Crippen MR) is 210 cm³/mol. The summed E-state index contributed by atoms with van der Waals surface area (Å²) in [5, 5.41) is 13.6. The van der Waals surface area contributed by atoms with Gasteiger partial charge in [-0.25, -0.2) is 14.4 Å². The van der Waals surface area contributed by atoms with Gasteiger partial charge in [0, 0.05) is 24.3 Å². The van der Waals surface area contributed by atoms with Crippen molar-refractivity contribution in [2.45, 2.75) is 32.0 Å². The second kappa shape index (κ2) is 18.7. The summed E-state index contributed by atoms with van der Waals surface area (Å²) in [5.74, 6) is -6.13. The summed E-state index contributed by atoms with van der Waals surface area (Å²) in [6, 6.07) is 6.70. The van der Waals surface area contributed by atoms with Crippen molar-refractivity contribution in [2.75, 3.05) is 25.6 Å². The SMILES string of the molecule is CC(=O)OCC1=C(C(=O)O)N2C(=O)C(NC(=O)[C@H](NC(=O)c3coc4cc(OC(=O)OCC(Cl)(Cl)Cl)c(OC(=O)OCC(Cl)(Cl)Cl)cc4c3=O)c3ccccc3)[C@H]2SC1. The fourth-order valence-corrected chi connectivity index (χ4v) is 7.00. The number of hydrogen-bond donors (Lipinski definition) is 3. The summed E-state index contributed by atoms with van der Waals surface area (Å²) in [6.07, 6.45) is -2.22. The molecule has 1 unspecified atom stereocenters. The van der Waals surface area contributed by atoms with Crippen LogP contribution in [0.1, 0.15) is 28.9 Å². The highest BCUT2D eigenvalue weighted by atomic mass is 35.6. The standard InChI is InChI=1S/C34H25Cl6N3O15S/c1-14(44)53-9-16-11-59-29-23(28(48)43(29)24(16)30(49)50)42-27(47)22(15-5-3-2-4-6-15)41-26(46)18-10-54-19-8-21(58-32(52)56-13-34(38,39)40)20(7-17(19)25(18)45)57-31(51)55-12-33(35,36)37/h2-8,10,22-23,29H,9,11-13H2,1H3,(H,41,46)(H,42,47)(H,49,50)/t22-,23?,29-/m1/s1. The van der Waals surface area contributed by atoms with E-state index in [0.29, 0.717) is 0 Å². The lowest BCUT2D eigenvalue weighted by Gasteiger charge is -2.49. The van der Waals surface area contributed by atoms with Crippen molar-refractivity contribution >= 4 is 134 Å². The lowest BCUT2D eigenvalue weighted by Crippen LogP contribution is -2.71. The van der Waals surface area contributed by atoms with Gasteiger partial charge in [0.25, 0.3) is 11.8 Å². The third kappa shape index (κ3) is 11.6. The first-order chi connectivity index (χ1) is 27.6. The highest BCUT2D eigenvalue weighted by Crippen LogP contribution is 2.41. The van der Waals surface area contributed by atoms with Crippen LogP contribution in [-0.4, -0.2) is 96.6 Å². The van der Waals surface area contributed by atoms with Crippen LogP contribution in [0.25, 0.3) is 11.0 Å². The van der Waals surface area contributed by atoms with Crippen molar-refractivity contribution in [1.29, 1.82) is 0 Å². The number of alkyl halides is 6. The number of benzene rings is 2. The molecule has 59 heavy (non-hydrogen) atoms. The number of hydrogen-bond acceptors (Lipinski definition) is 15. The van der Waals surface area contributed by atoms with E-state index in [0.717, 1.165) is 42.0 Å². The summed E-state index contributed by atoms with van der Waals surface area (Å²) >= 11 is 34.7. The first-order valence-electron chi connectivity index (χ1n) is 16.2. The molecule has 0 aliphatic carbocycles. The number of carbonyl (C=O) groups excluding carboxylic acids is 6. The molecule has 3 amide bonds. The number of carboxylic acids is 1. The Morgan fingerprint density at radius 1 is 0.915 bits per heavy atom. The van der Waals surface area contributed by atoms with Crippen LogP contribution in [0.5, 0.6) is 11.5 Å². The van der Waals surface area contributed by atoms with E-state index in [1.54, 1.807) is 18.2 Å². The maximum atomic E-state index is 13.8. The Hall–Kier alpha value is -4.63. The molecule has 314 valence electrons. The number of thioether (sulfide) groups is 1. The maximum Gasteiger partial charge on any atom is 0.514 e. The molecule has 3 N–H and O–H groups in total. The van der Waals surface area contributed by atoms with Crippen molar-refractivity contribution in [3.63, 3.8) is 0 Å². The molecule has 0 spiro atoms. The average Bonchev–Trinajstić information content (AvgIpc) is 3.16. The summed E-state index contributed by atoms with van der Waals surface area (Å²) in [4.78, 5) is 104. The van der Waals surface area contributed by atoms with E-state index in [1.165, 1.54) is 12.1 Å². The Morgan fingerprint density at radius 2 is 1.51 bits per heavy atom. The lowest BCUT2D eigenvalue weighted by atomic mass is 10.0. The molecule has 2 aliphatic heterocycles. The van der Waals surface area contributed by atoms with E-state index < -0.39 is 108 Å². The first kappa shape index (κ1) is 45.5. The van der Waals surface area contributed by atoms with Crippen LogP contribution in [0.3, 0.4) is 0 Å². The summed E-state index contributed by atoms with van der Waals surface area (Å²) in [6.45, 7) is -0.769. The van der Waals surface area contributed by atoms with E-state index in [1.807, 2.05) is 0 Å².